The number of esters is 1. The van der Waals surface area contributed by atoms with Gasteiger partial charge in [-0.05, 0) is 30.0 Å². The molecule has 3 nitrogen and oxygen atoms in total. The summed E-state index contributed by atoms with van der Waals surface area (Å²) in [5.41, 5.74) is 3.53. The maximum Gasteiger partial charge on any atom is 0.338 e. The molecule has 1 fully saturated rings. The zero-order valence-electron chi connectivity index (χ0n) is 9.38. The second-order valence-electron chi connectivity index (χ2n) is 4.71. The van der Waals surface area contributed by atoms with Crippen LogP contribution in [0.1, 0.15) is 34.3 Å². The van der Waals surface area contributed by atoms with Gasteiger partial charge >= 0.3 is 5.97 Å². The summed E-state index contributed by atoms with van der Waals surface area (Å²) in [5.74, 6) is -0.226. The quantitative estimate of drug-likeness (QED) is 0.726. The van der Waals surface area contributed by atoms with Gasteiger partial charge in [0.05, 0.1) is 12.7 Å². The zero-order valence-corrected chi connectivity index (χ0v) is 9.38. The van der Waals surface area contributed by atoms with Gasteiger partial charge in [0.1, 0.15) is 0 Å². The fraction of sp³-hybridized carbons (Fsp3) is 0.462. The molecule has 0 aromatic heterocycles. The van der Waals surface area contributed by atoms with E-state index in [1.54, 1.807) is 0 Å². The molecule has 1 spiro atoms. The molecule has 84 valence electrons. The van der Waals surface area contributed by atoms with Crippen molar-refractivity contribution in [2.45, 2.75) is 24.8 Å². The number of benzene rings is 1. The van der Waals surface area contributed by atoms with Crippen LogP contribution in [0.15, 0.2) is 18.2 Å². The zero-order chi connectivity index (χ0) is 11.2. The number of carbonyl (C=O) groups excluding carboxylic acids is 1. The average molecular weight is 217 g/mol. The van der Waals surface area contributed by atoms with Gasteiger partial charge in [0, 0.05) is 18.5 Å². The number of rotatable bonds is 1. The molecular formula is C13H15NO2. The molecule has 0 amide bonds. The maximum atomic E-state index is 11.7. The number of hydrogen-bond donors (Lipinski definition) is 1. The molecule has 1 aliphatic carbocycles. The van der Waals surface area contributed by atoms with Gasteiger partial charge in [0.2, 0.25) is 0 Å². The third kappa shape index (κ3) is 1.28. The third-order valence-corrected chi connectivity index (χ3v) is 3.77. The Morgan fingerprint density at radius 1 is 1.44 bits per heavy atom. The first-order chi connectivity index (χ1) is 7.77. The fourth-order valence-corrected chi connectivity index (χ4v) is 2.69. The smallest absolute Gasteiger partial charge is 0.338 e. The highest BCUT2D eigenvalue weighted by Crippen LogP contribution is 2.50. The van der Waals surface area contributed by atoms with E-state index in [9.17, 15) is 4.79 Å². The third-order valence-electron chi connectivity index (χ3n) is 3.77. The van der Waals surface area contributed by atoms with Crippen LogP contribution in [0.5, 0.6) is 0 Å². The molecule has 0 unspecified atom stereocenters. The summed E-state index contributed by atoms with van der Waals surface area (Å²) in [6.07, 6.45) is 2.47. The van der Waals surface area contributed by atoms with Crippen LogP contribution < -0.4 is 5.32 Å². The molecular weight excluding hydrogens is 202 g/mol. The van der Waals surface area contributed by atoms with Crippen LogP contribution in [0.4, 0.5) is 0 Å². The van der Waals surface area contributed by atoms with E-state index in [2.05, 4.69) is 11.4 Å². The van der Waals surface area contributed by atoms with Crippen molar-refractivity contribution in [1.82, 2.24) is 5.32 Å². The summed E-state index contributed by atoms with van der Waals surface area (Å²) in [7, 11) is 1.44. The molecule has 3 rings (SSSR count). The molecule has 1 N–H and O–H groups in total. The van der Waals surface area contributed by atoms with Crippen LogP contribution in [0.3, 0.4) is 0 Å². The number of hydrogen-bond acceptors (Lipinski definition) is 3. The monoisotopic (exact) mass is 217 g/mol. The lowest BCUT2D eigenvalue weighted by Crippen LogP contribution is -2.34. The van der Waals surface area contributed by atoms with E-state index < -0.39 is 0 Å². The summed E-state index contributed by atoms with van der Waals surface area (Å²) in [5, 5.41) is 3.41. The number of ether oxygens (including phenoxy) is 1. The van der Waals surface area contributed by atoms with E-state index in [0.717, 1.165) is 24.2 Å². The second-order valence-corrected chi connectivity index (χ2v) is 4.71. The van der Waals surface area contributed by atoms with E-state index in [1.165, 1.54) is 25.5 Å². The summed E-state index contributed by atoms with van der Waals surface area (Å²) >= 11 is 0. The molecule has 1 saturated carbocycles. The normalized spacial score (nSPS) is 20.3. The van der Waals surface area contributed by atoms with E-state index >= 15 is 0 Å². The fourth-order valence-electron chi connectivity index (χ4n) is 2.69. The molecule has 3 heteroatoms. The standard InChI is InChI=1S/C13H15NO2/c1-16-12(15)9-3-2-4-11-10(9)7-14-8-13(11)5-6-13/h2-4,14H,5-8H2,1H3. The van der Waals surface area contributed by atoms with Gasteiger partial charge in [0.25, 0.3) is 0 Å². The van der Waals surface area contributed by atoms with Crippen LogP contribution in [-0.4, -0.2) is 19.6 Å². The SMILES string of the molecule is COC(=O)c1cccc2c1CNCC21CC1. The Bertz CT molecular complexity index is 449. The number of methoxy groups -OCH3 is 1. The van der Waals surface area contributed by atoms with Crippen LogP contribution in [-0.2, 0) is 16.7 Å². The van der Waals surface area contributed by atoms with Crippen molar-refractivity contribution in [3.05, 3.63) is 34.9 Å². The molecule has 0 bridgehead atoms. The Kier molecular flexibility index (Phi) is 2.04. The first-order valence-corrected chi connectivity index (χ1v) is 5.68. The van der Waals surface area contributed by atoms with Gasteiger partial charge in [-0.25, -0.2) is 4.79 Å². The van der Waals surface area contributed by atoms with Gasteiger partial charge in [0.15, 0.2) is 0 Å². The lowest BCUT2D eigenvalue weighted by molar-refractivity contribution is 0.0599. The maximum absolute atomic E-state index is 11.7. The van der Waals surface area contributed by atoms with Gasteiger partial charge in [-0.1, -0.05) is 12.1 Å². The van der Waals surface area contributed by atoms with Crippen molar-refractivity contribution in [1.29, 1.82) is 0 Å². The predicted molar refractivity (Wildman–Crippen MR) is 60.4 cm³/mol. The Morgan fingerprint density at radius 2 is 2.25 bits per heavy atom. The topological polar surface area (TPSA) is 38.3 Å². The van der Waals surface area contributed by atoms with Crippen LogP contribution in [0.25, 0.3) is 0 Å². The first kappa shape index (κ1) is 9.85. The van der Waals surface area contributed by atoms with E-state index in [-0.39, 0.29) is 5.97 Å². The summed E-state index contributed by atoms with van der Waals surface area (Å²) in [6.45, 7) is 1.83. The first-order valence-electron chi connectivity index (χ1n) is 5.68. The Labute approximate surface area is 94.8 Å². The Morgan fingerprint density at radius 3 is 2.94 bits per heavy atom. The van der Waals surface area contributed by atoms with Gasteiger partial charge < -0.3 is 10.1 Å². The molecule has 0 radical (unpaired) electrons. The molecule has 0 saturated heterocycles. The van der Waals surface area contributed by atoms with Crippen molar-refractivity contribution in [3.8, 4) is 0 Å². The number of fused-ring (bicyclic) bond motifs is 2. The van der Waals surface area contributed by atoms with Gasteiger partial charge in [-0.2, -0.15) is 0 Å². The van der Waals surface area contributed by atoms with Crippen molar-refractivity contribution in [3.63, 3.8) is 0 Å². The highest BCUT2D eigenvalue weighted by molar-refractivity contribution is 5.91. The van der Waals surface area contributed by atoms with Crippen molar-refractivity contribution < 1.29 is 9.53 Å². The minimum absolute atomic E-state index is 0.226. The lowest BCUT2D eigenvalue weighted by Gasteiger charge is -2.27. The van der Waals surface area contributed by atoms with E-state index in [4.69, 9.17) is 4.74 Å². The van der Waals surface area contributed by atoms with E-state index in [0.29, 0.717) is 5.41 Å². The lowest BCUT2D eigenvalue weighted by atomic mass is 9.85. The van der Waals surface area contributed by atoms with Crippen LogP contribution in [0.2, 0.25) is 0 Å². The second kappa shape index (κ2) is 3.32. The average Bonchev–Trinajstić information content (AvgIpc) is 3.09. The molecule has 1 aromatic rings. The minimum Gasteiger partial charge on any atom is -0.465 e. The predicted octanol–water partition coefficient (Wildman–Crippen LogP) is 1.61. The van der Waals surface area contributed by atoms with Gasteiger partial charge in [-0.3, -0.25) is 0 Å². The Hall–Kier alpha value is -1.35. The summed E-state index contributed by atoms with van der Waals surface area (Å²) < 4.78 is 4.82. The molecule has 0 atom stereocenters. The van der Waals surface area contributed by atoms with Crippen molar-refractivity contribution >= 4 is 5.97 Å². The largest absolute Gasteiger partial charge is 0.465 e. The van der Waals surface area contributed by atoms with Crippen LogP contribution >= 0.6 is 0 Å². The molecule has 2 aliphatic rings. The van der Waals surface area contributed by atoms with Crippen LogP contribution in [0, 0.1) is 0 Å². The number of carbonyl (C=O) groups is 1. The highest BCUT2D eigenvalue weighted by atomic mass is 16.5. The minimum atomic E-state index is -0.226. The van der Waals surface area contributed by atoms with Gasteiger partial charge in [-0.15, -0.1) is 0 Å². The molecule has 16 heavy (non-hydrogen) atoms. The summed E-state index contributed by atoms with van der Waals surface area (Å²) in [6, 6.07) is 5.99. The summed E-state index contributed by atoms with van der Waals surface area (Å²) in [4.78, 5) is 11.7. The highest BCUT2D eigenvalue weighted by Gasteiger charge is 2.47. The Balaban J connectivity index is 2.12. The molecule has 1 aliphatic heterocycles. The molecule has 1 heterocycles. The van der Waals surface area contributed by atoms with Crippen molar-refractivity contribution in [2.24, 2.45) is 0 Å². The molecule has 1 aromatic carbocycles. The van der Waals surface area contributed by atoms with Crippen molar-refractivity contribution in [2.75, 3.05) is 13.7 Å². The number of nitrogens with one attached hydrogen (secondary N) is 1. The van der Waals surface area contributed by atoms with E-state index in [1.807, 2.05) is 12.1 Å².